The van der Waals surface area contributed by atoms with Gasteiger partial charge in [-0.3, -0.25) is 9.69 Å². The van der Waals surface area contributed by atoms with Gasteiger partial charge in [0, 0.05) is 26.1 Å². The molecule has 1 aromatic heterocycles. The van der Waals surface area contributed by atoms with Gasteiger partial charge in [-0.15, -0.1) is 12.4 Å². The van der Waals surface area contributed by atoms with Gasteiger partial charge in [0.05, 0.1) is 18.8 Å². The molecule has 0 radical (unpaired) electrons. The first-order valence-corrected chi connectivity index (χ1v) is 8.54. The van der Waals surface area contributed by atoms with Crippen LogP contribution in [0.5, 0.6) is 0 Å². The molecule has 0 bridgehead atoms. The summed E-state index contributed by atoms with van der Waals surface area (Å²) in [5.74, 6) is 0.778. The lowest BCUT2D eigenvalue weighted by Gasteiger charge is -2.18. The highest BCUT2D eigenvalue weighted by Crippen LogP contribution is 2.14. The third-order valence-corrected chi connectivity index (χ3v) is 4.41. The Morgan fingerprint density at radius 3 is 2.69 bits per heavy atom. The molecule has 1 aromatic carbocycles. The van der Waals surface area contributed by atoms with Crippen LogP contribution in [-0.4, -0.2) is 36.6 Å². The van der Waals surface area contributed by atoms with Crippen LogP contribution < -0.4 is 10.6 Å². The second kappa shape index (κ2) is 9.71. The number of nitrogens with one attached hydrogen (secondary N) is 2. The summed E-state index contributed by atoms with van der Waals surface area (Å²) in [4.78, 5) is 14.3. The number of furan rings is 1. The fourth-order valence-corrected chi connectivity index (χ4v) is 3.10. The van der Waals surface area contributed by atoms with Crippen molar-refractivity contribution in [3.8, 4) is 0 Å². The zero-order valence-electron chi connectivity index (χ0n) is 14.8. The normalized spacial score (nSPS) is 19.3. The highest BCUT2D eigenvalue weighted by Gasteiger charge is 2.28. The number of carbonyl (C=O) groups is 1. The summed E-state index contributed by atoms with van der Waals surface area (Å²) in [5, 5.41) is 5.82. The van der Waals surface area contributed by atoms with E-state index >= 15 is 0 Å². The van der Waals surface area contributed by atoms with Gasteiger partial charge in [0.2, 0.25) is 5.91 Å². The van der Waals surface area contributed by atoms with Crippen molar-refractivity contribution in [2.45, 2.75) is 38.3 Å². The number of rotatable bonds is 7. The van der Waals surface area contributed by atoms with E-state index in [9.17, 15) is 9.18 Å². The summed E-state index contributed by atoms with van der Waals surface area (Å²) >= 11 is 0. The van der Waals surface area contributed by atoms with E-state index in [2.05, 4.69) is 21.6 Å². The first-order chi connectivity index (χ1) is 12.1. The molecular formula is C19H25ClFN3O2. The van der Waals surface area contributed by atoms with Crippen LogP contribution in [0.4, 0.5) is 4.39 Å². The van der Waals surface area contributed by atoms with Gasteiger partial charge in [0.25, 0.3) is 0 Å². The maximum Gasteiger partial charge on any atom is 0.237 e. The minimum Gasteiger partial charge on any atom is -0.468 e. The van der Waals surface area contributed by atoms with Gasteiger partial charge in [-0.05, 0) is 30.3 Å². The quantitative estimate of drug-likeness (QED) is 0.774. The Labute approximate surface area is 159 Å². The standard InChI is InChI=1S/C19H24FN3O2.ClH/c1-23(13-17-7-4-8-25-17)12-15-6-3-2-5-14(15)10-22-19(24)18-9-16(20)11-21-18;/h2-8,16,18,21H,9-13H2,1H3,(H,22,24);1H/t16-,18+;/m0./s1. The molecule has 1 fully saturated rings. The summed E-state index contributed by atoms with van der Waals surface area (Å²) in [7, 11) is 2.03. The van der Waals surface area contributed by atoms with Crippen LogP contribution in [0.25, 0.3) is 0 Å². The average molecular weight is 382 g/mol. The van der Waals surface area contributed by atoms with Crippen molar-refractivity contribution in [1.29, 1.82) is 0 Å². The number of hydrogen-bond donors (Lipinski definition) is 2. The van der Waals surface area contributed by atoms with E-state index in [1.165, 1.54) is 0 Å². The Kier molecular flexibility index (Phi) is 7.63. The SMILES string of the molecule is CN(Cc1ccco1)Cc1ccccc1CNC(=O)[C@H]1C[C@H](F)CN1.Cl. The summed E-state index contributed by atoms with van der Waals surface area (Å²) in [6.07, 6.45) is 0.990. The predicted octanol–water partition coefficient (Wildman–Crippen LogP) is 2.65. The third kappa shape index (κ3) is 5.56. The molecule has 1 aliphatic rings. The fourth-order valence-electron chi connectivity index (χ4n) is 3.10. The Balaban J connectivity index is 0.00000243. The van der Waals surface area contributed by atoms with Crippen LogP contribution in [-0.2, 0) is 24.4 Å². The highest BCUT2D eigenvalue weighted by atomic mass is 35.5. The molecule has 1 aliphatic heterocycles. The molecule has 2 atom stereocenters. The number of carbonyl (C=O) groups excluding carboxylic acids is 1. The lowest BCUT2D eigenvalue weighted by atomic mass is 10.1. The van der Waals surface area contributed by atoms with E-state index in [0.717, 1.165) is 30.0 Å². The van der Waals surface area contributed by atoms with Gasteiger partial charge in [0.15, 0.2) is 0 Å². The van der Waals surface area contributed by atoms with E-state index in [1.54, 1.807) is 6.26 Å². The maximum atomic E-state index is 13.2. The van der Waals surface area contributed by atoms with Gasteiger partial charge in [0.1, 0.15) is 11.9 Å². The molecule has 7 heteroatoms. The Morgan fingerprint density at radius 1 is 1.27 bits per heavy atom. The minimum absolute atomic E-state index is 0. The molecule has 2 N–H and O–H groups in total. The summed E-state index contributed by atoms with van der Waals surface area (Å²) < 4.78 is 18.6. The minimum atomic E-state index is -0.932. The van der Waals surface area contributed by atoms with E-state index in [4.69, 9.17) is 4.42 Å². The number of benzene rings is 1. The van der Waals surface area contributed by atoms with Crippen molar-refractivity contribution < 1.29 is 13.6 Å². The van der Waals surface area contributed by atoms with Crippen LogP contribution in [0.3, 0.4) is 0 Å². The number of nitrogens with zero attached hydrogens (tertiary/aromatic N) is 1. The van der Waals surface area contributed by atoms with Gasteiger partial charge in [-0.1, -0.05) is 24.3 Å². The molecule has 142 valence electrons. The Bertz CT molecular complexity index is 696. The van der Waals surface area contributed by atoms with Crippen molar-refractivity contribution in [3.05, 3.63) is 59.5 Å². The number of alkyl halides is 1. The molecule has 1 saturated heterocycles. The number of halogens is 2. The highest BCUT2D eigenvalue weighted by molar-refractivity contribution is 5.85. The Hall–Kier alpha value is -1.89. The van der Waals surface area contributed by atoms with E-state index in [1.807, 2.05) is 37.4 Å². The van der Waals surface area contributed by atoms with E-state index in [0.29, 0.717) is 6.54 Å². The van der Waals surface area contributed by atoms with Crippen molar-refractivity contribution in [1.82, 2.24) is 15.5 Å². The summed E-state index contributed by atoms with van der Waals surface area (Å²) in [6.45, 7) is 2.17. The molecule has 0 spiro atoms. The van der Waals surface area contributed by atoms with Crippen molar-refractivity contribution in [3.63, 3.8) is 0 Å². The molecular weight excluding hydrogens is 357 g/mol. The molecule has 0 aliphatic carbocycles. The second-order valence-corrected chi connectivity index (χ2v) is 6.53. The average Bonchev–Trinajstić information content (AvgIpc) is 3.25. The number of hydrogen-bond acceptors (Lipinski definition) is 4. The topological polar surface area (TPSA) is 57.5 Å². The smallest absolute Gasteiger partial charge is 0.237 e. The fraction of sp³-hybridized carbons (Fsp3) is 0.421. The van der Waals surface area contributed by atoms with Crippen molar-refractivity contribution in [2.24, 2.45) is 0 Å². The molecule has 5 nitrogen and oxygen atoms in total. The molecule has 1 amide bonds. The van der Waals surface area contributed by atoms with Crippen LogP contribution in [0, 0.1) is 0 Å². The first kappa shape index (κ1) is 20.4. The van der Waals surface area contributed by atoms with Gasteiger partial charge in [-0.2, -0.15) is 0 Å². The zero-order chi connectivity index (χ0) is 17.6. The Morgan fingerprint density at radius 2 is 2.04 bits per heavy atom. The monoisotopic (exact) mass is 381 g/mol. The van der Waals surface area contributed by atoms with Gasteiger partial charge < -0.3 is 15.1 Å². The van der Waals surface area contributed by atoms with Crippen molar-refractivity contribution >= 4 is 18.3 Å². The largest absolute Gasteiger partial charge is 0.468 e. The van der Waals surface area contributed by atoms with Crippen LogP contribution in [0.2, 0.25) is 0 Å². The van der Waals surface area contributed by atoms with E-state index in [-0.39, 0.29) is 31.3 Å². The van der Waals surface area contributed by atoms with Crippen LogP contribution >= 0.6 is 12.4 Å². The maximum absolute atomic E-state index is 13.2. The first-order valence-electron chi connectivity index (χ1n) is 8.54. The molecule has 2 heterocycles. The summed E-state index contributed by atoms with van der Waals surface area (Å²) in [5.41, 5.74) is 2.22. The summed E-state index contributed by atoms with van der Waals surface area (Å²) in [6, 6.07) is 11.4. The van der Waals surface area contributed by atoms with Gasteiger partial charge >= 0.3 is 0 Å². The van der Waals surface area contributed by atoms with Crippen molar-refractivity contribution in [2.75, 3.05) is 13.6 Å². The molecule has 0 saturated carbocycles. The number of amides is 1. The lowest BCUT2D eigenvalue weighted by Crippen LogP contribution is -2.40. The zero-order valence-corrected chi connectivity index (χ0v) is 15.6. The molecule has 2 aromatic rings. The molecule has 0 unspecified atom stereocenters. The van der Waals surface area contributed by atoms with E-state index < -0.39 is 12.2 Å². The van der Waals surface area contributed by atoms with Crippen LogP contribution in [0.15, 0.2) is 47.1 Å². The third-order valence-electron chi connectivity index (χ3n) is 4.41. The predicted molar refractivity (Wildman–Crippen MR) is 101 cm³/mol. The lowest BCUT2D eigenvalue weighted by molar-refractivity contribution is -0.123. The van der Waals surface area contributed by atoms with Gasteiger partial charge in [-0.25, -0.2) is 4.39 Å². The second-order valence-electron chi connectivity index (χ2n) is 6.53. The molecule has 26 heavy (non-hydrogen) atoms. The molecule has 3 rings (SSSR count). The van der Waals surface area contributed by atoms with Crippen LogP contribution in [0.1, 0.15) is 23.3 Å².